The number of esters is 1. The van der Waals surface area contributed by atoms with E-state index in [0.717, 1.165) is 13.2 Å². The molecule has 0 aliphatic carbocycles. The number of Topliss-reactive ketones (excluding diaryl/α,β-unsaturated/α-hetero) is 1. The standard InChI is InChI=1S/C16H19NO8S/c1-9(18)24-13-14(19)16(2,25-15(13)17-26(5,20)21)11-8-10(22-3)6-7-12(11)23-4/h6-8,17H,1-5H3. The lowest BCUT2D eigenvalue weighted by molar-refractivity contribution is -0.142. The van der Waals surface area contributed by atoms with Crippen molar-refractivity contribution in [2.24, 2.45) is 0 Å². The number of hydrogen-bond donors (Lipinski definition) is 1. The second-order valence-corrected chi connectivity index (χ2v) is 7.41. The summed E-state index contributed by atoms with van der Waals surface area (Å²) in [5.74, 6) is -1.81. The predicted octanol–water partition coefficient (Wildman–Crippen LogP) is 0.800. The maximum absolute atomic E-state index is 12.9. The molecule has 2 rings (SSSR count). The van der Waals surface area contributed by atoms with E-state index in [9.17, 15) is 18.0 Å². The molecule has 26 heavy (non-hydrogen) atoms. The summed E-state index contributed by atoms with van der Waals surface area (Å²) in [4.78, 5) is 24.3. The van der Waals surface area contributed by atoms with Gasteiger partial charge in [0.05, 0.1) is 20.5 Å². The van der Waals surface area contributed by atoms with Crippen molar-refractivity contribution in [2.75, 3.05) is 20.5 Å². The fourth-order valence-corrected chi connectivity index (χ4v) is 2.92. The molecule has 0 aromatic heterocycles. The lowest BCUT2D eigenvalue weighted by atomic mass is 9.90. The summed E-state index contributed by atoms with van der Waals surface area (Å²) in [7, 11) is -0.937. The molecule has 0 radical (unpaired) electrons. The van der Waals surface area contributed by atoms with Crippen LogP contribution in [0.15, 0.2) is 29.8 Å². The summed E-state index contributed by atoms with van der Waals surface area (Å²) >= 11 is 0. The van der Waals surface area contributed by atoms with Gasteiger partial charge in [0, 0.05) is 12.5 Å². The molecule has 10 heteroatoms. The molecule has 1 aromatic rings. The largest absolute Gasteiger partial charge is 0.497 e. The molecule has 1 unspecified atom stereocenters. The van der Waals surface area contributed by atoms with Gasteiger partial charge in [-0.15, -0.1) is 0 Å². The Bertz CT molecular complexity index is 890. The molecule has 1 atom stereocenters. The van der Waals surface area contributed by atoms with Gasteiger partial charge < -0.3 is 18.9 Å². The molecule has 0 bridgehead atoms. The van der Waals surface area contributed by atoms with E-state index in [1.165, 1.54) is 27.2 Å². The number of hydrogen-bond acceptors (Lipinski definition) is 8. The molecule has 1 heterocycles. The summed E-state index contributed by atoms with van der Waals surface area (Å²) in [6.07, 6.45) is 0.876. The number of sulfonamides is 1. The first kappa shape index (κ1) is 19.6. The number of ether oxygens (including phenoxy) is 4. The number of benzene rings is 1. The van der Waals surface area contributed by atoms with Crippen LogP contribution in [-0.4, -0.2) is 40.6 Å². The van der Waals surface area contributed by atoms with Gasteiger partial charge in [0.15, 0.2) is 0 Å². The minimum absolute atomic E-state index is 0.277. The van der Waals surface area contributed by atoms with E-state index in [2.05, 4.69) is 4.72 Å². The Labute approximate surface area is 150 Å². The Morgan fingerprint density at radius 1 is 1.23 bits per heavy atom. The van der Waals surface area contributed by atoms with Crippen LogP contribution in [0.2, 0.25) is 0 Å². The Kier molecular flexibility index (Phi) is 5.17. The van der Waals surface area contributed by atoms with E-state index in [-0.39, 0.29) is 5.56 Å². The first-order valence-corrected chi connectivity index (χ1v) is 9.27. The van der Waals surface area contributed by atoms with Gasteiger partial charge in [-0.05, 0) is 25.1 Å². The fourth-order valence-electron chi connectivity index (χ4n) is 2.45. The van der Waals surface area contributed by atoms with E-state index in [4.69, 9.17) is 18.9 Å². The monoisotopic (exact) mass is 385 g/mol. The normalized spacial score (nSPS) is 19.8. The van der Waals surface area contributed by atoms with Gasteiger partial charge in [-0.3, -0.25) is 14.3 Å². The summed E-state index contributed by atoms with van der Waals surface area (Å²) in [5, 5.41) is 0. The molecular weight excluding hydrogens is 366 g/mol. The molecule has 0 fully saturated rings. The highest BCUT2D eigenvalue weighted by Gasteiger charge is 2.51. The molecular formula is C16H19NO8S. The van der Waals surface area contributed by atoms with Crippen LogP contribution in [0.3, 0.4) is 0 Å². The van der Waals surface area contributed by atoms with Gasteiger partial charge in [-0.25, -0.2) is 8.42 Å². The molecule has 9 nitrogen and oxygen atoms in total. The van der Waals surface area contributed by atoms with Crippen LogP contribution in [-0.2, 0) is 34.7 Å². The van der Waals surface area contributed by atoms with E-state index in [1.54, 1.807) is 12.1 Å². The number of carbonyl (C=O) groups is 2. The fraction of sp³-hybridized carbons (Fsp3) is 0.375. The zero-order valence-corrected chi connectivity index (χ0v) is 15.7. The molecule has 0 saturated carbocycles. The molecule has 142 valence electrons. The maximum Gasteiger partial charge on any atom is 0.308 e. The van der Waals surface area contributed by atoms with Crippen LogP contribution in [0, 0.1) is 0 Å². The lowest BCUT2D eigenvalue weighted by Crippen LogP contribution is -2.33. The smallest absolute Gasteiger partial charge is 0.308 e. The zero-order chi connectivity index (χ0) is 19.7. The van der Waals surface area contributed by atoms with Crippen molar-refractivity contribution in [1.29, 1.82) is 0 Å². The third-order valence-corrected chi connectivity index (χ3v) is 4.15. The molecule has 1 aliphatic rings. The number of carbonyl (C=O) groups excluding carboxylic acids is 2. The summed E-state index contributed by atoms with van der Waals surface area (Å²) < 4.78 is 46.1. The van der Waals surface area contributed by atoms with Gasteiger partial charge >= 0.3 is 5.97 Å². The van der Waals surface area contributed by atoms with Gasteiger partial charge in [-0.2, -0.15) is 0 Å². The number of ketones is 1. The second kappa shape index (κ2) is 6.87. The summed E-state index contributed by atoms with van der Waals surface area (Å²) in [6.45, 7) is 2.49. The molecule has 1 aromatic carbocycles. The third-order valence-electron chi connectivity index (χ3n) is 3.60. The van der Waals surface area contributed by atoms with E-state index >= 15 is 0 Å². The summed E-state index contributed by atoms with van der Waals surface area (Å²) in [5.41, 5.74) is -1.42. The number of nitrogens with one attached hydrogen (secondary N) is 1. The van der Waals surface area contributed by atoms with Crippen LogP contribution in [0.1, 0.15) is 19.4 Å². The van der Waals surface area contributed by atoms with Gasteiger partial charge in [0.1, 0.15) is 11.5 Å². The predicted molar refractivity (Wildman–Crippen MR) is 89.8 cm³/mol. The maximum atomic E-state index is 12.9. The molecule has 1 aliphatic heterocycles. The Balaban J connectivity index is 2.59. The number of rotatable bonds is 6. The average Bonchev–Trinajstić information content (AvgIpc) is 2.77. The van der Waals surface area contributed by atoms with Crippen molar-refractivity contribution in [3.05, 3.63) is 35.4 Å². The quantitative estimate of drug-likeness (QED) is 0.715. The molecule has 0 spiro atoms. The van der Waals surface area contributed by atoms with Crippen molar-refractivity contribution in [2.45, 2.75) is 19.4 Å². The first-order chi connectivity index (χ1) is 12.0. The van der Waals surface area contributed by atoms with E-state index < -0.39 is 39.0 Å². The Hall–Kier alpha value is -2.75. The van der Waals surface area contributed by atoms with E-state index in [0.29, 0.717) is 11.5 Å². The van der Waals surface area contributed by atoms with Gasteiger partial charge in [0.2, 0.25) is 27.3 Å². The second-order valence-electron chi connectivity index (χ2n) is 5.66. The van der Waals surface area contributed by atoms with Crippen molar-refractivity contribution in [3.8, 4) is 11.5 Å². The minimum Gasteiger partial charge on any atom is -0.497 e. The van der Waals surface area contributed by atoms with Crippen molar-refractivity contribution in [3.63, 3.8) is 0 Å². The Morgan fingerprint density at radius 3 is 2.38 bits per heavy atom. The highest BCUT2D eigenvalue weighted by Crippen LogP contribution is 2.43. The van der Waals surface area contributed by atoms with Crippen LogP contribution in [0.4, 0.5) is 0 Å². The molecule has 0 amide bonds. The summed E-state index contributed by atoms with van der Waals surface area (Å²) in [6, 6.07) is 4.72. The SMILES string of the molecule is COc1ccc(OC)c(C2(C)OC(NS(C)(=O)=O)=C(OC(C)=O)C2=O)c1. The van der Waals surface area contributed by atoms with Crippen molar-refractivity contribution in [1.82, 2.24) is 4.72 Å². The van der Waals surface area contributed by atoms with Crippen molar-refractivity contribution >= 4 is 21.8 Å². The third kappa shape index (κ3) is 3.74. The van der Waals surface area contributed by atoms with E-state index in [1.807, 2.05) is 0 Å². The highest BCUT2D eigenvalue weighted by molar-refractivity contribution is 7.88. The van der Waals surface area contributed by atoms with Crippen LogP contribution >= 0.6 is 0 Å². The number of methoxy groups -OCH3 is 2. The van der Waals surface area contributed by atoms with Gasteiger partial charge in [0.25, 0.3) is 5.78 Å². The van der Waals surface area contributed by atoms with Crippen LogP contribution in [0.5, 0.6) is 11.5 Å². The molecule has 0 saturated heterocycles. The van der Waals surface area contributed by atoms with Gasteiger partial charge in [-0.1, -0.05) is 0 Å². The topological polar surface area (TPSA) is 117 Å². The minimum atomic E-state index is -3.79. The van der Waals surface area contributed by atoms with Crippen LogP contribution in [0.25, 0.3) is 0 Å². The highest BCUT2D eigenvalue weighted by atomic mass is 32.2. The Morgan fingerprint density at radius 2 is 1.88 bits per heavy atom. The molecule has 1 N–H and O–H groups in total. The average molecular weight is 385 g/mol. The zero-order valence-electron chi connectivity index (χ0n) is 14.9. The lowest BCUT2D eigenvalue weighted by Gasteiger charge is -2.25. The van der Waals surface area contributed by atoms with Crippen LogP contribution < -0.4 is 14.2 Å². The first-order valence-electron chi connectivity index (χ1n) is 7.38. The van der Waals surface area contributed by atoms with Crippen molar-refractivity contribution < 1.29 is 37.0 Å².